The molecule has 0 spiro atoms. The predicted octanol–water partition coefficient (Wildman–Crippen LogP) is 5.79. The minimum atomic E-state index is -4.51. The molecular formula is C16H11ClF3NO3. The van der Waals surface area contributed by atoms with E-state index in [-0.39, 0.29) is 28.6 Å². The van der Waals surface area contributed by atoms with E-state index >= 15 is 0 Å². The number of allylic oxidation sites excluding steroid dienone is 1. The van der Waals surface area contributed by atoms with E-state index in [1.54, 1.807) is 0 Å². The zero-order chi connectivity index (χ0) is 17.9. The van der Waals surface area contributed by atoms with Crippen molar-refractivity contribution in [2.75, 3.05) is 0 Å². The lowest BCUT2D eigenvalue weighted by Gasteiger charge is -2.12. The van der Waals surface area contributed by atoms with Gasteiger partial charge in [-0.3, -0.25) is 10.1 Å². The number of halogens is 4. The summed E-state index contributed by atoms with van der Waals surface area (Å²) in [6, 6.07) is 6.72. The molecule has 8 heteroatoms. The van der Waals surface area contributed by atoms with Crippen LogP contribution in [0.5, 0.6) is 11.5 Å². The Morgan fingerprint density at radius 1 is 1.25 bits per heavy atom. The summed E-state index contributed by atoms with van der Waals surface area (Å²) in [5.74, 6) is 0.238. The molecule has 2 aromatic rings. The van der Waals surface area contributed by atoms with Crippen molar-refractivity contribution in [1.29, 1.82) is 0 Å². The zero-order valence-corrected chi connectivity index (χ0v) is 12.9. The molecule has 0 radical (unpaired) electrons. The van der Waals surface area contributed by atoms with Crippen LogP contribution in [0.3, 0.4) is 0 Å². The van der Waals surface area contributed by atoms with Crippen LogP contribution in [0.1, 0.15) is 11.1 Å². The number of ether oxygens (including phenoxy) is 1. The molecule has 0 bridgehead atoms. The summed E-state index contributed by atoms with van der Waals surface area (Å²) in [6.07, 6.45) is -2.77. The number of alkyl halides is 3. The molecule has 0 heterocycles. The largest absolute Gasteiger partial charge is 0.456 e. The van der Waals surface area contributed by atoms with E-state index in [0.29, 0.717) is 5.56 Å². The van der Waals surface area contributed by atoms with Crippen molar-refractivity contribution < 1.29 is 22.8 Å². The van der Waals surface area contributed by atoms with Gasteiger partial charge < -0.3 is 4.74 Å². The van der Waals surface area contributed by atoms with Gasteiger partial charge in [-0.25, -0.2) is 0 Å². The second kappa shape index (κ2) is 6.92. The molecule has 0 aliphatic carbocycles. The lowest BCUT2D eigenvalue weighted by atomic mass is 10.1. The molecule has 0 unspecified atom stereocenters. The molecule has 0 aromatic heterocycles. The Kier molecular flexibility index (Phi) is 5.14. The first kappa shape index (κ1) is 17.8. The van der Waals surface area contributed by atoms with Crippen LogP contribution in [-0.2, 0) is 12.6 Å². The van der Waals surface area contributed by atoms with E-state index in [1.165, 1.54) is 24.3 Å². The Hall–Kier alpha value is -2.54. The van der Waals surface area contributed by atoms with Gasteiger partial charge in [0, 0.05) is 11.6 Å². The molecule has 2 aromatic carbocycles. The highest BCUT2D eigenvalue weighted by molar-refractivity contribution is 6.32. The van der Waals surface area contributed by atoms with Crippen LogP contribution in [0.2, 0.25) is 5.02 Å². The molecule has 0 saturated carbocycles. The van der Waals surface area contributed by atoms with Crippen LogP contribution < -0.4 is 4.74 Å². The van der Waals surface area contributed by atoms with Crippen LogP contribution in [0.4, 0.5) is 18.9 Å². The fourth-order valence-electron chi connectivity index (χ4n) is 2.01. The molecule has 0 amide bonds. The van der Waals surface area contributed by atoms with Crippen LogP contribution in [0.15, 0.2) is 49.1 Å². The van der Waals surface area contributed by atoms with Gasteiger partial charge >= 0.3 is 6.18 Å². The SMILES string of the molecule is C=CCc1cc(Oc2ccc(C(F)(F)F)cc2Cl)ccc1[N+](=O)[O-]. The van der Waals surface area contributed by atoms with Crippen LogP contribution in [0, 0.1) is 10.1 Å². The number of rotatable bonds is 5. The number of benzene rings is 2. The molecular weight excluding hydrogens is 347 g/mol. The lowest BCUT2D eigenvalue weighted by molar-refractivity contribution is -0.385. The summed E-state index contributed by atoms with van der Waals surface area (Å²) < 4.78 is 43.3. The van der Waals surface area contributed by atoms with Gasteiger partial charge in [0.05, 0.1) is 15.5 Å². The summed E-state index contributed by atoms with van der Waals surface area (Å²) in [5, 5.41) is 10.7. The first-order chi connectivity index (χ1) is 11.2. The second-order valence-corrected chi connectivity index (χ2v) is 5.19. The third-order valence-electron chi connectivity index (χ3n) is 3.10. The maximum absolute atomic E-state index is 12.6. The van der Waals surface area contributed by atoms with E-state index < -0.39 is 16.7 Å². The molecule has 126 valence electrons. The highest BCUT2D eigenvalue weighted by Gasteiger charge is 2.31. The average Bonchev–Trinajstić information content (AvgIpc) is 2.48. The Labute approximate surface area is 140 Å². The Balaban J connectivity index is 2.33. The Morgan fingerprint density at radius 2 is 1.96 bits per heavy atom. The summed E-state index contributed by atoms with van der Waals surface area (Å²) in [7, 11) is 0. The number of nitro groups is 1. The minimum Gasteiger partial charge on any atom is -0.456 e. The lowest BCUT2D eigenvalue weighted by Crippen LogP contribution is -2.04. The van der Waals surface area contributed by atoms with Crippen LogP contribution in [0.25, 0.3) is 0 Å². The van der Waals surface area contributed by atoms with Gasteiger partial charge in [-0.1, -0.05) is 17.7 Å². The number of nitro benzene ring substituents is 1. The van der Waals surface area contributed by atoms with Gasteiger partial charge in [0.2, 0.25) is 0 Å². The number of hydrogen-bond acceptors (Lipinski definition) is 3. The highest BCUT2D eigenvalue weighted by Crippen LogP contribution is 2.37. The highest BCUT2D eigenvalue weighted by atomic mass is 35.5. The topological polar surface area (TPSA) is 52.4 Å². The Morgan fingerprint density at radius 3 is 2.50 bits per heavy atom. The molecule has 0 saturated heterocycles. The third-order valence-corrected chi connectivity index (χ3v) is 3.39. The summed E-state index contributed by atoms with van der Waals surface area (Å²) in [5.41, 5.74) is -0.618. The van der Waals surface area contributed by atoms with E-state index in [2.05, 4.69) is 6.58 Å². The molecule has 0 aliphatic rings. The molecule has 0 fully saturated rings. The monoisotopic (exact) mass is 357 g/mol. The fraction of sp³-hybridized carbons (Fsp3) is 0.125. The third kappa shape index (κ3) is 4.05. The average molecular weight is 358 g/mol. The molecule has 4 nitrogen and oxygen atoms in total. The maximum Gasteiger partial charge on any atom is 0.416 e. The van der Waals surface area contributed by atoms with Gasteiger partial charge in [-0.05, 0) is 36.8 Å². The van der Waals surface area contributed by atoms with Crippen molar-refractivity contribution >= 4 is 17.3 Å². The van der Waals surface area contributed by atoms with Gasteiger partial charge in [0.1, 0.15) is 11.5 Å². The van der Waals surface area contributed by atoms with Crippen molar-refractivity contribution in [3.63, 3.8) is 0 Å². The Bertz CT molecular complexity index is 791. The first-order valence-electron chi connectivity index (χ1n) is 6.65. The summed E-state index contributed by atoms with van der Waals surface area (Å²) in [6.45, 7) is 3.53. The van der Waals surface area contributed by atoms with Crippen molar-refractivity contribution in [3.05, 3.63) is 75.3 Å². The fourth-order valence-corrected chi connectivity index (χ4v) is 2.23. The van der Waals surface area contributed by atoms with Crippen LogP contribution >= 0.6 is 11.6 Å². The molecule has 24 heavy (non-hydrogen) atoms. The summed E-state index contributed by atoms with van der Waals surface area (Å²) >= 11 is 5.82. The second-order valence-electron chi connectivity index (χ2n) is 4.79. The molecule has 0 atom stereocenters. The predicted molar refractivity (Wildman–Crippen MR) is 83.5 cm³/mol. The summed E-state index contributed by atoms with van der Waals surface area (Å²) in [4.78, 5) is 10.4. The van der Waals surface area contributed by atoms with E-state index in [4.69, 9.17) is 16.3 Å². The first-order valence-corrected chi connectivity index (χ1v) is 7.03. The van der Waals surface area contributed by atoms with Crippen molar-refractivity contribution in [2.45, 2.75) is 12.6 Å². The smallest absolute Gasteiger partial charge is 0.416 e. The van der Waals surface area contributed by atoms with E-state index in [1.807, 2.05) is 0 Å². The normalized spacial score (nSPS) is 11.2. The van der Waals surface area contributed by atoms with E-state index in [9.17, 15) is 23.3 Å². The van der Waals surface area contributed by atoms with Gasteiger partial charge in [0.25, 0.3) is 5.69 Å². The van der Waals surface area contributed by atoms with E-state index in [0.717, 1.165) is 18.2 Å². The van der Waals surface area contributed by atoms with Crippen molar-refractivity contribution in [1.82, 2.24) is 0 Å². The van der Waals surface area contributed by atoms with Gasteiger partial charge in [-0.2, -0.15) is 13.2 Å². The van der Waals surface area contributed by atoms with Crippen LogP contribution in [-0.4, -0.2) is 4.92 Å². The minimum absolute atomic E-state index is 0.0167. The van der Waals surface area contributed by atoms with Crippen molar-refractivity contribution in [3.8, 4) is 11.5 Å². The number of nitrogens with zero attached hydrogens (tertiary/aromatic N) is 1. The molecule has 0 N–H and O–H groups in total. The van der Waals surface area contributed by atoms with Gasteiger partial charge in [-0.15, -0.1) is 6.58 Å². The molecule has 0 aliphatic heterocycles. The molecule has 2 rings (SSSR count). The maximum atomic E-state index is 12.6. The zero-order valence-electron chi connectivity index (χ0n) is 12.1. The quantitative estimate of drug-likeness (QED) is 0.386. The van der Waals surface area contributed by atoms with Crippen molar-refractivity contribution in [2.24, 2.45) is 0 Å². The van der Waals surface area contributed by atoms with Gasteiger partial charge in [0.15, 0.2) is 0 Å². The number of hydrogen-bond donors (Lipinski definition) is 0. The standard InChI is InChI=1S/C16H11ClF3NO3/c1-2-3-10-8-12(5-6-14(10)21(22)23)24-15-7-4-11(9-13(15)17)16(18,19)20/h2,4-9H,1,3H2.